The standard InChI is InChI=1S/C19H25N3O2/c1-19(2,12-21-3)13-22-18(23)11-24-17-9-8-14(10-20)15-6-4-5-7-16(15)17/h4-10,20-21H,11-13H2,1-3H3,(H,22,23). The lowest BCUT2D eigenvalue weighted by molar-refractivity contribution is -0.123. The second kappa shape index (κ2) is 7.93. The van der Waals surface area contributed by atoms with Gasteiger partial charge in [0.2, 0.25) is 0 Å². The van der Waals surface area contributed by atoms with E-state index in [9.17, 15) is 4.79 Å². The van der Waals surface area contributed by atoms with Crippen molar-refractivity contribution in [2.24, 2.45) is 5.41 Å². The fraction of sp³-hybridized carbons (Fsp3) is 0.368. The third-order valence-corrected chi connectivity index (χ3v) is 3.85. The van der Waals surface area contributed by atoms with E-state index in [0.717, 1.165) is 22.9 Å². The van der Waals surface area contributed by atoms with Crippen molar-refractivity contribution < 1.29 is 9.53 Å². The van der Waals surface area contributed by atoms with Crippen LogP contribution in [0, 0.1) is 10.8 Å². The van der Waals surface area contributed by atoms with Crippen molar-refractivity contribution in [3.8, 4) is 5.75 Å². The van der Waals surface area contributed by atoms with Gasteiger partial charge in [-0.05, 0) is 30.0 Å². The lowest BCUT2D eigenvalue weighted by Crippen LogP contribution is -2.41. The number of fused-ring (bicyclic) bond motifs is 1. The molecule has 5 nitrogen and oxygen atoms in total. The van der Waals surface area contributed by atoms with Crippen LogP contribution in [0.3, 0.4) is 0 Å². The van der Waals surface area contributed by atoms with Crippen LogP contribution in [0.1, 0.15) is 19.4 Å². The first-order valence-electron chi connectivity index (χ1n) is 8.03. The van der Waals surface area contributed by atoms with Gasteiger partial charge in [-0.25, -0.2) is 0 Å². The molecule has 0 radical (unpaired) electrons. The molecule has 0 bridgehead atoms. The molecule has 0 fully saturated rings. The van der Waals surface area contributed by atoms with E-state index in [4.69, 9.17) is 10.1 Å². The Morgan fingerprint density at radius 1 is 1.17 bits per heavy atom. The summed E-state index contributed by atoms with van der Waals surface area (Å²) < 4.78 is 5.70. The molecule has 0 spiro atoms. The topological polar surface area (TPSA) is 74.2 Å². The summed E-state index contributed by atoms with van der Waals surface area (Å²) >= 11 is 0. The van der Waals surface area contributed by atoms with Gasteiger partial charge in [0.25, 0.3) is 5.91 Å². The van der Waals surface area contributed by atoms with E-state index in [2.05, 4.69) is 24.5 Å². The number of carbonyl (C=O) groups is 1. The molecule has 0 aliphatic rings. The van der Waals surface area contributed by atoms with Crippen LogP contribution in [0.5, 0.6) is 5.75 Å². The lowest BCUT2D eigenvalue weighted by atomic mass is 9.93. The number of rotatable bonds is 8. The number of amides is 1. The minimum absolute atomic E-state index is 0.0112. The van der Waals surface area contributed by atoms with Crippen LogP contribution >= 0.6 is 0 Å². The highest BCUT2D eigenvalue weighted by atomic mass is 16.5. The van der Waals surface area contributed by atoms with Gasteiger partial charge in [0, 0.05) is 30.3 Å². The maximum absolute atomic E-state index is 12.0. The van der Waals surface area contributed by atoms with Crippen molar-refractivity contribution in [3.63, 3.8) is 0 Å². The van der Waals surface area contributed by atoms with Gasteiger partial charge in [-0.3, -0.25) is 4.79 Å². The van der Waals surface area contributed by atoms with Crippen molar-refractivity contribution in [3.05, 3.63) is 42.0 Å². The van der Waals surface area contributed by atoms with Crippen molar-refractivity contribution in [1.29, 1.82) is 5.41 Å². The molecule has 3 N–H and O–H groups in total. The Hall–Kier alpha value is -2.40. The first kappa shape index (κ1) is 17.9. The zero-order chi connectivity index (χ0) is 17.6. The fourth-order valence-corrected chi connectivity index (χ4v) is 2.62. The monoisotopic (exact) mass is 327 g/mol. The lowest BCUT2D eigenvalue weighted by Gasteiger charge is -2.24. The van der Waals surface area contributed by atoms with Crippen molar-refractivity contribution >= 4 is 22.9 Å². The van der Waals surface area contributed by atoms with Crippen LogP contribution in [0.25, 0.3) is 10.8 Å². The number of nitrogens with one attached hydrogen (secondary N) is 3. The van der Waals surface area contributed by atoms with Gasteiger partial charge >= 0.3 is 0 Å². The third-order valence-electron chi connectivity index (χ3n) is 3.85. The van der Waals surface area contributed by atoms with Gasteiger partial charge in [0.05, 0.1) is 0 Å². The smallest absolute Gasteiger partial charge is 0.257 e. The Kier molecular flexibility index (Phi) is 5.93. The van der Waals surface area contributed by atoms with E-state index in [1.165, 1.54) is 6.21 Å². The highest BCUT2D eigenvalue weighted by Gasteiger charge is 2.18. The number of benzene rings is 2. The van der Waals surface area contributed by atoms with Gasteiger partial charge in [-0.15, -0.1) is 0 Å². The van der Waals surface area contributed by atoms with E-state index in [1.807, 2.05) is 37.4 Å². The zero-order valence-corrected chi connectivity index (χ0v) is 14.5. The van der Waals surface area contributed by atoms with Gasteiger partial charge in [0.15, 0.2) is 6.61 Å². The molecule has 5 heteroatoms. The summed E-state index contributed by atoms with van der Waals surface area (Å²) in [5, 5.41) is 15.4. The van der Waals surface area contributed by atoms with Crippen molar-refractivity contribution in [2.45, 2.75) is 13.8 Å². The molecule has 2 aromatic rings. The average Bonchev–Trinajstić information content (AvgIpc) is 2.58. The molecule has 0 atom stereocenters. The Morgan fingerprint density at radius 2 is 1.88 bits per heavy atom. The first-order valence-corrected chi connectivity index (χ1v) is 8.03. The van der Waals surface area contributed by atoms with Gasteiger partial charge in [-0.2, -0.15) is 0 Å². The van der Waals surface area contributed by atoms with Crippen LogP contribution in [-0.4, -0.2) is 38.9 Å². The summed E-state index contributed by atoms with van der Waals surface area (Å²) in [6.45, 7) is 5.57. The first-order chi connectivity index (χ1) is 11.5. The fourth-order valence-electron chi connectivity index (χ4n) is 2.62. The molecule has 0 aliphatic carbocycles. The molecule has 24 heavy (non-hydrogen) atoms. The maximum Gasteiger partial charge on any atom is 0.257 e. The number of hydrogen-bond donors (Lipinski definition) is 3. The molecule has 2 aromatic carbocycles. The number of hydrogen-bond acceptors (Lipinski definition) is 4. The quantitative estimate of drug-likeness (QED) is 0.652. The minimum atomic E-state index is -0.139. The molecular formula is C19H25N3O2. The van der Waals surface area contributed by atoms with E-state index in [0.29, 0.717) is 12.3 Å². The highest BCUT2D eigenvalue weighted by Crippen LogP contribution is 2.27. The Morgan fingerprint density at radius 3 is 2.54 bits per heavy atom. The van der Waals surface area contributed by atoms with Crippen LogP contribution in [0.2, 0.25) is 0 Å². The van der Waals surface area contributed by atoms with Gasteiger partial charge in [-0.1, -0.05) is 38.1 Å². The molecule has 0 unspecified atom stereocenters. The second-order valence-electron chi connectivity index (χ2n) is 6.60. The average molecular weight is 327 g/mol. The van der Waals surface area contributed by atoms with Crippen LogP contribution in [0.15, 0.2) is 36.4 Å². The summed E-state index contributed by atoms with van der Waals surface area (Å²) in [6, 6.07) is 11.4. The molecule has 0 heterocycles. The molecule has 0 aromatic heterocycles. The SMILES string of the molecule is CNCC(C)(C)CNC(=O)COc1ccc(C=N)c2ccccc12. The Bertz CT molecular complexity index is 726. The highest BCUT2D eigenvalue weighted by molar-refractivity contribution is 6.01. The van der Waals surface area contributed by atoms with Gasteiger partial charge < -0.3 is 20.8 Å². The summed E-state index contributed by atoms with van der Waals surface area (Å²) in [5.41, 5.74) is 0.819. The molecule has 2 rings (SSSR count). The Balaban J connectivity index is 2.01. The second-order valence-corrected chi connectivity index (χ2v) is 6.60. The van der Waals surface area contributed by atoms with Gasteiger partial charge in [0.1, 0.15) is 5.75 Å². The molecule has 128 valence electrons. The minimum Gasteiger partial charge on any atom is -0.483 e. The van der Waals surface area contributed by atoms with Crippen molar-refractivity contribution in [2.75, 3.05) is 26.7 Å². The van der Waals surface area contributed by atoms with Crippen LogP contribution in [-0.2, 0) is 4.79 Å². The molecule has 1 amide bonds. The van der Waals surface area contributed by atoms with E-state index < -0.39 is 0 Å². The predicted octanol–water partition coefficient (Wildman–Crippen LogP) is 2.58. The Labute approximate surface area is 142 Å². The van der Waals surface area contributed by atoms with Crippen LogP contribution in [0.4, 0.5) is 0 Å². The normalized spacial score (nSPS) is 11.3. The van der Waals surface area contributed by atoms with E-state index in [1.54, 1.807) is 6.07 Å². The molecule has 0 aliphatic heterocycles. The number of ether oxygens (including phenoxy) is 1. The molecule has 0 saturated carbocycles. The maximum atomic E-state index is 12.0. The number of carbonyl (C=O) groups excluding carboxylic acids is 1. The summed E-state index contributed by atoms with van der Waals surface area (Å²) in [5.74, 6) is 0.514. The van der Waals surface area contributed by atoms with Crippen LogP contribution < -0.4 is 15.4 Å². The van der Waals surface area contributed by atoms with E-state index in [-0.39, 0.29) is 17.9 Å². The zero-order valence-electron chi connectivity index (χ0n) is 14.5. The summed E-state index contributed by atoms with van der Waals surface area (Å²) in [7, 11) is 1.90. The summed E-state index contributed by atoms with van der Waals surface area (Å²) in [6.07, 6.45) is 1.32. The largest absolute Gasteiger partial charge is 0.483 e. The predicted molar refractivity (Wildman–Crippen MR) is 98.0 cm³/mol. The van der Waals surface area contributed by atoms with E-state index >= 15 is 0 Å². The molecular weight excluding hydrogens is 302 g/mol. The third kappa shape index (κ3) is 4.55. The summed E-state index contributed by atoms with van der Waals surface area (Å²) in [4.78, 5) is 12.0. The van der Waals surface area contributed by atoms with Crippen molar-refractivity contribution in [1.82, 2.24) is 10.6 Å². The molecule has 0 saturated heterocycles.